The highest BCUT2D eigenvalue weighted by molar-refractivity contribution is 7.99. The van der Waals surface area contributed by atoms with E-state index in [1.165, 1.54) is 31.0 Å². The van der Waals surface area contributed by atoms with E-state index in [-0.39, 0.29) is 12.4 Å². The number of thioether (sulfide) groups is 1. The summed E-state index contributed by atoms with van der Waals surface area (Å²) < 4.78 is 29.9. The summed E-state index contributed by atoms with van der Waals surface area (Å²) in [4.78, 5) is 12.0. The molecule has 0 unspecified atom stereocenters. The van der Waals surface area contributed by atoms with Crippen molar-refractivity contribution in [2.45, 2.75) is 17.7 Å². The molecule has 3 rings (SSSR count). The lowest BCUT2D eigenvalue weighted by molar-refractivity contribution is -0.140. The molecule has 2 heterocycles. The van der Waals surface area contributed by atoms with Gasteiger partial charge in [-0.1, -0.05) is 11.6 Å². The third-order valence-electron chi connectivity index (χ3n) is 3.55. The molecule has 0 saturated heterocycles. The van der Waals surface area contributed by atoms with Crippen LogP contribution in [0.5, 0.6) is 0 Å². The smallest absolute Gasteiger partial charge is 0.306 e. The van der Waals surface area contributed by atoms with Gasteiger partial charge in [0.2, 0.25) is 0 Å². The second-order valence-electron chi connectivity index (χ2n) is 5.22. The minimum absolute atomic E-state index is 0.273. The number of H-pyrrole nitrogens is 1. The highest BCUT2D eigenvalue weighted by atomic mass is 35.5. The average Bonchev–Trinajstić information content (AvgIpc) is 3.06. The van der Waals surface area contributed by atoms with Crippen LogP contribution in [0, 0.1) is 0 Å². The van der Waals surface area contributed by atoms with Gasteiger partial charge < -0.3 is 4.74 Å². The Morgan fingerprint density at radius 2 is 2.15 bits per heavy atom. The van der Waals surface area contributed by atoms with E-state index in [1.54, 1.807) is 6.07 Å². The van der Waals surface area contributed by atoms with E-state index in [0.717, 1.165) is 4.90 Å². The molecule has 0 spiro atoms. The van der Waals surface area contributed by atoms with Gasteiger partial charge in [0.1, 0.15) is 16.9 Å². The predicted molar refractivity (Wildman–Crippen MR) is 94.4 cm³/mol. The van der Waals surface area contributed by atoms with Crippen molar-refractivity contribution in [1.82, 2.24) is 20.4 Å². The molecule has 1 N–H and O–H groups in total. The number of carbonyl (C=O) groups is 1. The summed E-state index contributed by atoms with van der Waals surface area (Å²) in [6, 6.07) is 6.27. The Kier molecular flexibility index (Phi) is 5.67. The zero-order valence-corrected chi connectivity index (χ0v) is 15.1. The summed E-state index contributed by atoms with van der Waals surface area (Å²) in [6.45, 7) is 0. The van der Waals surface area contributed by atoms with Crippen LogP contribution in [-0.2, 0) is 9.53 Å². The van der Waals surface area contributed by atoms with E-state index in [2.05, 4.69) is 25.1 Å². The molecule has 0 fully saturated rings. The van der Waals surface area contributed by atoms with Gasteiger partial charge in [0.15, 0.2) is 0 Å². The number of rotatable bonds is 6. The summed E-state index contributed by atoms with van der Waals surface area (Å²) >= 11 is 7.72. The highest BCUT2D eigenvalue weighted by Gasteiger charge is 2.15. The molecular weight excluding hydrogens is 386 g/mol. The number of benzene rings is 1. The molecule has 26 heavy (non-hydrogen) atoms. The van der Waals surface area contributed by atoms with Crippen molar-refractivity contribution in [1.29, 1.82) is 0 Å². The number of fused-ring (bicyclic) bond motifs is 1. The van der Waals surface area contributed by atoms with Crippen LogP contribution in [0.4, 0.5) is 8.78 Å². The van der Waals surface area contributed by atoms with Gasteiger partial charge in [-0.15, -0.1) is 22.0 Å². The quantitative estimate of drug-likeness (QED) is 0.493. The molecule has 0 saturated carbocycles. The van der Waals surface area contributed by atoms with Crippen molar-refractivity contribution in [3.05, 3.63) is 35.0 Å². The number of ether oxygens (including phenoxy) is 1. The van der Waals surface area contributed by atoms with Gasteiger partial charge in [0.25, 0.3) is 6.43 Å². The minimum atomic E-state index is -2.68. The molecule has 0 aliphatic carbocycles. The summed E-state index contributed by atoms with van der Waals surface area (Å²) in [7, 11) is 1.34. The van der Waals surface area contributed by atoms with Crippen molar-refractivity contribution in [3.8, 4) is 11.4 Å². The van der Waals surface area contributed by atoms with Gasteiger partial charge in [-0.2, -0.15) is 5.10 Å². The monoisotopic (exact) mass is 398 g/mol. The molecule has 0 radical (unpaired) electrons. The number of hydrogen-bond donors (Lipinski definition) is 1. The van der Waals surface area contributed by atoms with E-state index in [0.29, 0.717) is 33.1 Å². The number of carbonyl (C=O) groups excluding carboxylic acids is 1. The van der Waals surface area contributed by atoms with Crippen molar-refractivity contribution >= 4 is 40.2 Å². The van der Waals surface area contributed by atoms with Gasteiger partial charge in [-0.3, -0.25) is 9.89 Å². The Hall–Kier alpha value is -2.26. The zero-order chi connectivity index (χ0) is 18.7. The standard InChI is InChI=1S/C16H13ClF2N4O2S/c1-25-13(24)4-5-26-8-6-9-14(10(17)7-8)22-23-15(9)11-2-3-12(16(18)19)21-20-11/h2-3,6-7,16H,4-5H2,1H3,(H,22,23). The third kappa shape index (κ3) is 3.94. The number of methoxy groups -OCH3 is 1. The molecule has 6 nitrogen and oxygen atoms in total. The minimum Gasteiger partial charge on any atom is -0.469 e. The van der Waals surface area contributed by atoms with Crippen LogP contribution in [0.2, 0.25) is 5.02 Å². The summed E-state index contributed by atoms with van der Waals surface area (Å²) in [6.07, 6.45) is -2.40. The number of nitrogens with zero attached hydrogens (tertiary/aromatic N) is 3. The van der Waals surface area contributed by atoms with Gasteiger partial charge in [-0.25, -0.2) is 8.78 Å². The Labute approximate surface area is 156 Å². The van der Waals surface area contributed by atoms with E-state index >= 15 is 0 Å². The Morgan fingerprint density at radius 3 is 2.81 bits per heavy atom. The maximum absolute atomic E-state index is 12.6. The zero-order valence-electron chi connectivity index (χ0n) is 13.5. The number of hydrogen-bond acceptors (Lipinski definition) is 6. The average molecular weight is 399 g/mol. The number of aromatic amines is 1. The van der Waals surface area contributed by atoms with Crippen LogP contribution >= 0.6 is 23.4 Å². The molecule has 3 aromatic rings. The van der Waals surface area contributed by atoms with E-state index in [9.17, 15) is 13.6 Å². The van der Waals surface area contributed by atoms with Crippen LogP contribution in [0.1, 0.15) is 18.5 Å². The molecule has 1 aromatic carbocycles. The normalized spacial score (nSPS) is 11.3. The van der Waals surface area contributed by atoms with E-state index < -0.39 is 12.1 Å². The van der Waals surface area contributed by atoms with Gasteiger partial charge in [0.05, 0.1) is 24.2 Å². The lowest BCUT2D eigenvalue weighted by atomic mass is 10.1. The molecule has 0 amide bonds. The number of halogens is 3. The molecule has 0 aliphatic heterocycles. The van der Waals surface area contributed by atoms with E-state index in [1.807, 2.05) is 6.07 Å². The van der Waals surface area contributed by atoms with Crippen molar-refractivity contribution in [3.63, 3.8) is 0 Å². The Balaban J connectivity index is 1.90. The molecule has 0 aliphatic rings. The molecule has 10 heteroatoms. The fourth-order valence-corrected chi connectivity index (χ4v) is 3.51. The fraction of sp³-hybridized carbons (Fsp3) is 0.250. The molecule has 0 atom stereocenters. The maximum Gasteiger partial charge on any atom is 0.306 e. The molecule has 136 valence electrons. The van der Waals surface area contributed by atoms with Crippen molar-refractivity contribution < 1.29 is 18.3 Å². The van der Waals surface area contributed by atoms with Crippen LogP contribution in [-0.4, -0.2) is 39.2 Å². The first kappa shape index (κ1) is 18.5. The van der Waals surface area contributed by atoms with Crippen LogP contribution < -0.4 is 0 Å². The van der Waals surface area contributed by atoms with Crippen LogP contribution in [0.15, 0.2) is 29.2 Å². The number of alkyl halides is 2. The first-order valence-corrected chi connectivity index (χ1v) is 8.85. The van der Waals surface area contributed by atoms with Gasteiger partial charge in [0, 0.05) is 16.0 Å². The molecule has 2 aromatic heterocycles. The lowest BCUT2D eigenvalue weighted by Gasteiger charge is -2.04. The summed E-state index contributed by atoms with van der Waals surface area (Å²) in [5, 5.41) is 15.5. The highest BCUT2D eigenvalue weighted by Crippen LogP contribution is 2.34. The van der Waals surface area contributed by atoms with Gasteiger partial charge >= 0.3 is 5.97 Å². The SMILES string of the molecule is COC(=O)CCSc1cc(Cl)c2n[nH]c(-c3ccc(C(F)F)nn3)c2c1. The lowest BCUT2D eigenvalue weighted by Crippen LogP contribution is -2.00. The summed E-state index contributed by atoms with van der Waals surface area (Å²) in [5.74, 6) is 0.244. The first-order chi connectivity index (χ1) is 12.5. The third-order valence-corrected chi connectivity index (χ3v) is 4.82. The second kappa shape index (κ2) is 7.96. The Bertz CT molecular complexity index is 934. The second-order valence-corrected chi connectivity index (χ2v) is 6.79. The summed E-state index contributed by atoms with van der Waals surface area (Å²) in [5.41, 5.74) is 1.06. The van der Waals surface area contributed by atoms with Crippen LogP contribution in [0.25, 0.3) is 22.3 Å². The fourth-order valence-electron chi connectivity index (χ4n) is 2.28. The molecular formula is C16H13ClF2N4O2S. The number of nitrogens with one attached hydrogen (secondary N) is 1. The van der Waals surface area contributed by atoms with Crippen LogP contribution in [0.3, 0.4) is 0 Å². The Morgan fingerprint density at radius 1 is 1.35 bits per heavy atom. The molecule has 0 bridgehead atoms. The van der Waals surface area contributed by atoms with Crippen molar-refractivity contribution in [2.75, 3.05) is 12.9 Å². The number of esters is 1. The first-order valence-electron chi connectivity index (χ1n) is 7.49. The van der Waals surface area contributed by atoms with Gasteiger partial charge in [-0.05, 0) is 24.3 Å². The predicted octanol–water partition coefficient (Wildman–Crippen LogP) is 4.27. The van der Waals surface area contributed by atoms with E-state index in [4.69, 9.17) is 11.6 Å². The van der Waals surface area contributed by atoms with Crippen molar-refractivity contribution in [2.24, 2.45) is 0 Å². The number of aromatic nitrogens is 4. The maximum atomic E-state index is 12.6. The largest absolute Gasteiger partial charge is 0.469 e. The topological polar surface area (TPSA) is 80.8 Å².